The zero-order valence-electron chi connectivity index (χ0n) is 8.93. The minimum atomic E-state index is 0.0708. The molecule has 0 spiro atoms. The van der Waals surface area contributed by atoms with Crippen LogP contribution in [-0.4, -0.2) is 24.4 Å². The molecule has 0 aliphatic heterocycles. The maximum atomic E-state index is 11.5. The number of ketones is 1. The molecule has 82 valence electrons. The van der Waals surface area contributed by atoms with Gasteiger partial charge in [-0.1, -0.05) is 12.1 Å². The molecule has 0 saturated carbocycles. The van der Waals surface area contributed by atoms with E-state index in [-0.39, 0.29) is 5.78 Å². The molecular weight excluding hydrogens is 204 g/mol. The van der Waals surface area contributed by atoms with Crippen LogP contribution in [0.15, 0.2) is 41.1 Å². The van der Waals surface area contributed by atoms with E-state index in [9.17, 15) is 4.79 Å². The van der Waals surface area contributed by atoms with E-state index in [1.807, 2.05) is 12.1 Å². The number of oxazole rings is 1. The lowest BCUT2D eigenvalue weighted by Crippen LogP contribution is -2.18. The van der Waals surface area contributed by atoms with Gasteiger partial charge in [-0.15, -0.1) is 0 Å². The molecule has 2 rings (SSSR count). The number of hydrogen-bond acceptors (Lipinski definition) is 4. The number of carbonyl (C=O) groups excluding carboxylic acids is 1. The fourth-order valence-electron chi connectivity index (χ4n) is 1.43. The van der Waals surface area contributed by atoms with Gasteiger partial charge in [0.05, 0.1) is 12.7 Å². The van der Waals surface area contributed by atoms with Crippen molar-refractivity contribution in [2.75, 3.05) is 13.6 Å². The number of rotatable bonds is 4. The van der Waals surface area contributed by atoms with Gasteiger partial charge in [0, 0.05) is 11.1 Å². The Labute approximate surface area is 93.3 Å². The van der Waals surface area contributed by atoms with Gasteiger partial charge < -0.3 is 9.73 Å². The highest BCUT2D eigenvalue weighted by Crippen LogP contribution is 2.17. The summed E-state index contributed by atoms with van der Waals surface area (Å²) in [6.45, 7) is 0.346. The molecule has 0 aliphatic rings. The zero-order chi connectivity index (χ0) is 11.4. The lowest BCUT2D eigenvalue weighted by Gasteiger charge is -2.00. The summed E-state index contributed by atoms with van der Waals surface area (Å²) < 4.78 is 5.16. The Morgan fingerprint density at radius 2 is 2.12 bits per heavy atom. The number of benzene rings is 1. The normalized spacial score (nSPS) is 10.3. The third-order valence-corrected chi connectivity index (χ3v) is 2.22. The van der Waals surface area contributed by atoms with Gasteiger partial charge in [0.1, 0.15) is 6.26 Å². The monoisotopic (exact) mass is 216 g/mol. The predicted octanol–water partition coefficient (Wildman–Crippen LogP) is 1.74. The molecule has 1 aromatic heterocycles. The SMILES string of the molecule is CNCC(=O)c1ccc(-c2ncco2)cc1. The minimum absolute atomic E-state index is 0.0708. The number of carbonyl (C=O) groups is 1. The molecule has 0 amide bonds. The van der Waals surface area contributed by atoms with Gasteiger partial charge in [0.2, 0.25) is 5.89 Å². The maximum absolute atomic E-state index is 11.5. The first kappa shape index (κ1) is 10.6. The van der Waals surface area contributed by atoms with E-state index >= 15 is 0 Å². The fraction of sp³-hybridized carbons (Fsp3) is 0.167. The van der Waals surface area contributed by atoms with Crippen LogP contribution in [0.25, 0.3) is 11.5 Å². The van der Waals surface area contributed by atoms with Gasteiger partial charge in [-0.25, -0.2) is 4.98 Å². The Morgan fingerprint density at radius 3 is 2.69 bits per heavy atom. The highest BCUT2D eigenvalue weighted by Gasteiger charge is 2.06. The van der Waals surface area contributed by atoms with Gasteiger partial charge in [0.25, 0.3) is 0 Å². The van der Waals surface area contributed by atoms with E-state index in [0.29, 0.717) is 18.0 Å². The quantitative estimate of drug-likeness (QED) is 0.791. The Morgan fingerprint density at radius 1 is 1.38 bits per heavy atom. The van der Waals surface area contributed by atoms with Crippen LogP contribution in [0.5, 0.6) is 0 Å². The number of likely N-dealkylation sites (N-methyl/N-ethyl adjacent to an activating group) is 1. The number of nitrogens with zero attached hydrogens (tertiary/aromatic N) is 1. The van der Waals surface area contributed by atoms with Gasteiger partial charge in [0.15, 0.2) is 5.78 Å². The van der Waals surface area contributed by atoms with Crippen molar-refractivity contribution in [2.24, 2.45) is 0 Å². The minimum Gasteiger partial charge on any atom is -0.445 e. The Balaban J connectivity index is 2.20. The number of Topliss-reactive ketones (excluding diaryl/α,β-unsaturated/α-hetero) is 1. The molecule has 4 heteroatoms. The summed E-state index contributed by atoms with van der Waals surface area (Å²) in [7, 11) is 1.75. The Bertz CT molecular complexity index is 460. The molecule has 0 bridgehead atoms. The van der Waals surface area contributed by atoms with Crippen molar-refractivity contribution in [1.29, 1.82) is 0 Å². The third-order valence-electron chi connectivity index (χ3n) is 2.22. The number of nitrogens with one attached hydrogen (secondary N) is 1. The fourth-order valence-corrected chi connectivity index (χ4v) is 1.43. The van der Waals surface area contributed by atoms with Crippen LogP contribution < -0.4 is 5.32 Å². The van der Waals surface area contributed by atoms with Gasteiger partial charge in [-0.3, -0.25) is 4.79 Å². The van der Waals surface area contributed by atoms with Crippen molar-refractivity contribution in [2.45, 2.75) is 0 Å². The summed E-state index contributed by atoms with van der Waals surface area (Å²) in [5, 5.41) is 2.83. The first-order chi connectivity index (χ1) is 7.81. The van der Waals surface area contributed by atoms with E-state index < -0.39 is 0 Å². The van der Waals surface area contributed by atoms with Gasteiger partial charge in [-0.2, -0.15) is 0 Å². The van der Waals surface area contributed by atoms with Crippen molar-refractivity contribution in [3.8, 4) is 11.5 Å². The number of hydrogen-bond donors (Lipinski definition) is 1. The number of aromatic nitrogens is 1. The molecule has 0 aliphatic carbocycles. The molecule has 1 heterocycles. The molecule has 0 radical (unpaired) electrons. The second-order valence-corrected chi connectivity index (χ2v) is 3.37. The van der Waals surface area contributed by atoms with E-state index in [2.05, 4.69) is 10.3 Å². The van der Waals surface area contributed by atoms with E-state index in [1.165, 1.54) is 6.26 Å². The molecular formula is C12H12N2O2. The lowest BCUT2D eigenvalue weighted by atomic mass is 10.1. The van der Waals surface area contributed by atoms with Gasteiger partial charge in [-0.05, 0) is 19.2 Å². The molecule has 0 atom stereocenters. The molecule has 0 unspecified atom stereocenters. The van der Waals surface area contributed by atoms with Crippen LogP contribution in [0.1, 0.15) is 10.4 Å². The van der Waals surface area contributed by atoms with Crippen molar-refractivity contribution in [3.63, 3.8) is 0 Å². The first-order valence-electron chi connectivity index (χ1n) is 4.99. The predicted molar refractivity (Wildman–Crippen MR) is 60.2 cm³/mol. The molecule has 0 fully saturated rings. The van der Waals surface area contributed by atoms with Gasteiger partial charge >= 0.3 is 0 Å². The second kappa shape index (κ2) is 4.72. The zero-order valence-corrected chi connectivity index (χ0v) is 8.93. The summed E-state index contributed by atoms with van der Waals surface area (Å²) in [5.74, 6) is 0.633. The van der Waals surface area contributed by atoms with Crippen molar-refractivity contribution in [3.05, 3.63) is 42.3 Å². The molecule has 16 heavy (non-hydrogen) atoms. The molecule has 1 aromatic carbocycles. The smallest absolute Gasteiger partial charge is 0.225 e. The Kier molecular flexibility index (Phi) is 3.12. The summed E-state index contributed by atoms with van der Waals surface area (Å²) in [6.07, 6.45) is 3.12. The summed E-state index contributed by atoms with van der Waals surface area (Å²) in [4.78, 5) is 15.6. The van der Waals surface area contributed by atoms with E-state index in [4.69, 9.17) is 4.42 Å². The second-order valence-electron chi connectivity index (χ2n) is 3.37. The van der Waals surface area contributed by atoms with Crippen LogP contribution in [0.3, 0.4) is 0 Å². The summed E-state index contributed by atoms with van der Waals surface area (Å²) in [5.41, 5.74) is 1.55. The van der Waals surface area contributed by atoms with E-state index in [0.717, 1.165) is 5.56 Å². The highest BCUT2D eigenvalue weighted by molar-refractivity contribution is 5.97. The summed E-state index contributed by atoms with van der Waals surface area (Å²) in [6, 6.07) is 7.21. The lowest BCUT2D eigenvalue weighted by molar-refractivity contribution is 0.0993. The Hall–Kier alpha value is -1.94. The van der Waals surface area contributed by atoms with Crippen LogP contribution in [0, 0.1) is 0 Å². The van der Waals surface area contributed by atoms with Crippen molar-refractivity contribution < 1.29 is 9.21 Å². The maximum Gasteiger partial charge on any atom is 0.225 e. The molecule has 4 nitrogen and oxygen atoms in total. The molecule has 1 N–H and O–H groups in total. The first-order valence-corrected chi connectivity index (χ1v) is 4.99. The molecule has 0 saturated heterocycles. The summed E-state index contributed by atoms with van der Waals surface area (Å²) >= 11 is 0. The van der Waals surface area contributed by atoms with Crippen LogP contribution in [-0.2, 0) is 0 Å². The average Bonchev–Trinajstić information content (AvgIpc) is 2.83. The highest BCUT2D eigenvalue weighted by atomic mass is 16.3. The van der Waals surface area contributed by atoms with Crippen molar-refractivity contribution in [1.82, 2.24) is 10.3 Å². The van der Waals surface area contributed by atoms with Crippen LogP contribution in [0.4, 0.5) is 0 Å². The average molecular weight is 216 g/mol. The largest absolute Gasteiger partial charge is 0.445 e. The van der Waals surface area contributed by atoms with Crippen LogP contribution >= 0.6 is 0 Å². The van der Waals surface area contributed by atoms with E-state index in [1.54, 1.807) is 25.4 Å². The van der Waals surface area contributed by atoms with Crippen molar-refractivity contribution >= 4 is 5.78 Å². The molecule has 2 aromatic rings. The standard InChI is InChI=1S/C12H12N2O2/c1-13-8-11(15)9-2-4-10(5-3-9)12-14-6-7-16-12/h2-7,13H,8H2,1H3. The van der Waals surface area contributed by atoms with Crippen LogP contribution in [0.2, 0.25) is 0 Å². The third kappa shape index (κ3) is 2.17. The topological polar surface area (TPSA) is 55.1 Å².